The van der Waals surface area contributed by atoms with Gasteiger partial charge in [0.25, 0.3) is 6.71 Å². The van der Waals surface area contributed by atoms with Crippen molar-refractivity contribution in [1.29, 1.82) is 0 Å². The number of rotatable bonds is 2. The Kier molecular flexibility index (Phi) is 7.64. The summed E-state index contributed by atoms with van der Waals surface area (Å²) in [6.45, 7) is 25.7. The molecule has 3 heterocycles. The lowest BCUT2D eigenvalue weighted by Crippen LogP contribution is -2.60. The predicted molar refractivity (Wildman–Crippen MR) is 250 cm³/mol. The molecule has 2 aliphatic heterocycles. The normalized spacial score (nSPS) is 15.3. The highest BCUT2D eigenvalue weighted by atomic mass is 32.1. The molecule has 1 aliphatic carbocycles. The minimum absolute atomic E-state index is 0.0313. The summed E-state index contributed by atoms with van der Waals surface area (Å²) in [6, 6.07) is 47.2. The van der Waals surface area contributed by atoms with E-state index in [1.165, 1.54) is 98.9 Å². The molecule has 0 radical (unpaired) electrons. The van der Waals surface area contributed by atoms with Crippen molar-refractivity contribution in [2.24, 2.45) is 0 Å². The maximum Gasteiger partial charge on any atom is 0.264 e. The molecule has 0 N–H and O–H groups in total. The Morgan fingerprint density at radius 3 is 1.68 bits per heavy atom. The van der Waals surface area contributed by atoms with E-state index in [4.69, 9.17) is 0 Å². The van der Waals surface area contributed by atoms with Gasteiger partial charge in [-0.15, -0.1) is 11.3 Å². The van der Waals surface area contributed by atoms with Gasteiger partial charge >= 0.3 is 0 Å². The molecule has 6 aromatic carbocycles. The minimum atomic E-state index is -0.111. The highest BCUT2D eigenvalue weighted by Crippen LogP contribution is 2.53. The smallest absolute Gasteiger partial charge is 0.264 e. The van der Waals surface area contributed by atoms with Crippen LogP contribution in [0.25, 0.3) is 21.2 Å². The summed E-state index contributed by atoms with van der Waals surface area (Å²) < 4.78 is 2.77. The highest BCUT2D eigenvalue weighted by molar-refractivity contribution is 7.33. The first-order valence-corrected chi connectivity index (χ1v) is 21.5. The van der Waals surface area contributed by atoms with Crippen LogP contribution in [0.4, 0.5) is 34.1 Å². The molecule has 0 spiro atoms. The van der Waals surface area contributed by atoms with Gasteiger partial charge in [0.15, 0.2) is 0 Å². The fourth-order valence-electron chi connectivity index (χ4n) is 9.85. The molecular weight excluding hydrogens is 707 g/mol. The van der Waals surface area contributed by atoms with Crippen LogP contribution in [0.2, 0.25) is 0 Å². The Morgan fingerprint density at radius 1 is 0.509 bits per heavy atom. The van der Waals surface area contributed by atoms with Crippen LogP contribution in [0.15, 0.2) is 121 Å². The molecule has 0 bridgehead atoms. The lowest BCUT2D eigenvalue weighted by atomic mass is 9.36. The van der Waals surface area contributed by atoms with Crippen LogP contribution in [0.1, 0.15) is 104 Å². The van der Waals surface area contributed by atoms with Crippen molar-refractivity contribution in [3.8, 4) is 11.1 Å². The Labute approximate surface area is 344 Å². The average Bonchev–Trinajstić information content (AvgIpc) is 3.65. The Morgan fingerprint density at radius 2 is 1.07 bits per heavy atom. The molecule has 0 fully saturated rings. The van der Waals surface area contributed by atoms with E-state index in [1.54, 1.807) is 0 Å². The van der Waals surface area contributed by atoms with Gasteiger partial charge in [0.2, 0.25) is 0 Å². The summed E-state index contributed by atoms with van der Waals surface area (Å²) in [7, 11) is 0. The third-order valence-electron chi connectivity index (χ3n) is 13.1. The van der Waals surface area contributed by atoms with E-state index in [9.17, 15) is 0 Å². The van der Waals surface area contributed by atoms with Crippen molar-refractivity contribution in [2.75, 3.05) is 9.80 Å². The molecule has 4 heteroatoms. The van der Waals surface area contributed by atoms with Gasteiger partial charge in [-0.25, -0.2) is 0 Å². The van der Waals surface area contributed by atoms with Gasteiger partial charge in [0.1, 0.15) is 0 Å². The summed E-state index contributed by atoms with van der Waals surface area (Å²) in [5.41, 5.74) is 20.0. The average molecular weight is 761 g/mol. The molecule has 284 valence electrons. The first-order chi connectivity index (χ1) is 26.9. The van der Waals surface area contributed by atoms with E-state index in [0.717, 1.165) is 0 Å². The second-order valence-electron chi connectivity index (χ2n) is 20.3. The zero-order valence-electron chi connectivity index (χ0n) is 35.4. The maximum atomic E-state index is 2.61. The zero-order chi connectivity index (χ0) is 40.0. The number of thiophene rings is 1. The minimum Gasteiger partial charge on any atom is -0.311 e. The third-order valence-corrected chi connectivity index (χ3v) is 14.4. The van der Waals surface area contributed by atoms with E-state index in [-0.39, 0.29) is 28.4 Å². The molecule has 3 aliphatic rings. The molecule has 0 atom stereocenters. The lowest BCUT2D eigenvalue weighted by molar-refractivity contribution is 0.590. The molecule has 0 unspecified atom stereocenters. The molecule has 0 saturated heterocycles. The SMILES string of the molecule is CC(C)(C)c1ccc(N2c3cc4c(cc3B3c5sc6ccc(C(C)(C)C)cc6c5N(c5ccc(C(C)(C)C)cc5)c5cccc2c53)C(C)(C)c2ccccc2-4)cc1. The molecule has 0 amide bonds. The molecule has 10 rings (SSSR count). The number of anilines is 6. The predicted octanol–water partition coefficient (Wildman–Crippen LogP) is 13.2. The van der Waals surface area contributed by atoms with Gasteiger partial charge in [-0.3, -0.25) is 0 Å². The second kappa shape index (κ2) is 12.0. The van der Waals surface area contributed by atoms with Crippen LogP contribution >= 0.6 is 11.3 Å². The van der Waals surface area contributed by atoms with E-state index >= 15 is 0 Å². The van der Waals surface area contributed by atoms with Crippen molar-refractivity contribution in [3.63, 3.8) is 0 Å². The van der Waals surface area contributed by atoms with Crippen LogP contribution in [0.3, 0.4) is 0 Å². The Bertz CT molecular complexity index is 2770. The molecule has 1 aromatic heterocycles. The summed E-state index contributed by atoms with van der Waals surface area (Å²) >= 11 is 1.99. The fraction of sp³-hybridized carbons (Fsp3) is 0.283. The van der Waals surface area contributed by atoms with Crippen LogP contribution in [-0.2, 0) is 21.7 Å². The van der Waals surface area contributed by atoms with E-state index in [0.29, 0.717) is 0 Å². The Balaban J connectivity index is 1.30. The first kappa shape index (κ1) is 36.3. The van der Waals surface area contributed by atoms with Gasteiger partial charge in [0.05, 0.1) is 5.69 Å². The monoisotopic (exact) mass is 760 g/mol. The van der Waals surface area contributed by atoms with Crippen LogP contribution in [-0.4, -0.2) is 6.71 Å². The van der Waals surface area contributed by atoms with Gasteiger partial charge < -0.3 is 9.80 Å². The van der Waals surface area contributed by atoms with Crippen LogP contribution in [0.5, 0.6) is 0 Å². The molecule has 57 heavy (non-hydrogen) atoms. The number of hydrogen-bond donors (Lipinski definition) is 0. The van der Waals surface area contributed by atoms with Crippen LogP contribution in [0, 0.1) is 0 Å². The van der Waals surface area contributed by atoms with E-state index < -0.39 is 0 Å². The largest absolute Gasteiger partial charge is 0.311 e. The lowest BCUT2D eigenvalue weighted by Gasteiger charge is -2.43. The third kappa shape index (κ3) is 5.36. The number of hydrogen-bond acceptors (Lipinski definition) is 3. The summed E-state index contributed by atoms with van der Waals surface area (Å²) in [6.07, 6.45) is 0. The van der Waals surface area contributed by atoms with Gasteiger partial charge in [-0.1, -0.05) is 143 Å². The second-order valence-corrected chi connectivity index (χ2v) is 21.4. The number of benzene rings is 6. The van der Waals surface area contributed by atoms with Gasteiger partial charge in [-0.05, 0) is 121 Å². The highest BCUT2D eigenvalue weighted by Gasteiger charge is 2.47. The first-order valence-electron chi connectivity index (χ1n) is 20.7. The quantitative estimate of drug-likeness (QED) is 0.162. The van der Waals surface area contributed by atoms with Crippen molar-refractivity contribution in [3.05, 3.63) is 149 Å². The van der Waals surface area contributed by atoms with Gasteiger partial charge in [-0.2, -0.15) is 0 Å². The summed E-state index contributed by atoms with van der Waals surface area (Å²) in [5, 5.41) is 1.34. The van der Waals surface area contributed by atoms with Crippen molar-refractivity contribution >= 4 is 78.0 Å². The number of nitrogens with zero attached hydrogens (tertiary/aromatic N) is 2. The molecular formula is C53H53BN2S. The Hall–Kier alpha value is -5.06. The van der Waals surface area contributed by atoms with Crippen molar-refractivity contribution < 1.29 is 0 Å². The topological polar surface area (TPSA) is 6.48 Å². The van der Waals surface area contributed by atoms with Gasteiger partial charge in [0, 0.05) is 48.7 Å². The van der Waals surface area contributed by atoms with E-state index in [2.05, 4.69) is 207 Å². The fourth-order valence-corrected chi connectivity index (χ4v) is 11.1. The van der Waals surface area contributed by atoms with Crippen molar-refractivity contribution in [1.82, 2.24) is 0 Å². The summed E-state index contributed by atoms with van der Waals surface area (Å²) in [5.74, 6) is 0. The standard InChI is InChI=1S/C53H53BN2S/c1-50(2,3)32-19-24-35(25-20-32)55-43-17-14-18-44-47(43)54(42-31-41-38(30-45(42)55)37-15-12-13-16-40(37)53(41,10)11)49-48(39-29-34(52(7,8)9)23-28-46(39)57-49)56(44)36-26-21-33(22-27-36)51(4,5)6/h12-31H,1-11H3. The maximum absolute atomic E-state index is 2.61. The molecule has 7 aromatic rings. The summed E-state index contributed by atoms with van der Waals surface area (Å²) in [4.78, 5) is 5.17. The van der Waals surface area contributed by atoms with E-state index in [1.807, 2.05) is 11.3 Å². The zero-order valence-corrected chi connectivity index (χ0v) is 36.2. The molecule has 0 saturated carbocycles. The van der Waals surface area contributed by atoms with Crippen molar-refractivity contribution in [2.45, 2.75) is 97.8 Å². The van der Waals surface area contributed by atoms with Crippen LogP contribution < -0.4 is 25.5 Å². The molecule has 2 nitrogen and oxygen atoms in total. The number of fused-ring (bicyclic) bond motifs is 9.